The van der Waals surface area contributed by atoms with Crippen molar-refractivity contribution in [1.29, 1.82) is 0 Å². The van der Waals surface area contributed by atoms with Gasteiger partial charge in [-0.25, -0.2) is 14.4 Å². The third-order valence-electron chi connectivity index (χ3n) is 4.83. The fraction of sp³-hybridized carbons (Fsp3) is 0.609. The molecule has 0 rings (SSSR count). The van der Waals surface area contributed by atoms with E-state index >= 15 is 0 Å². The van der Waals surface area contributed by atoms with Crippen molar-refractivity contribution in [2.75, 3.05) is 39.6 Å². The molecule has 12 nitrogen and oxygen atoms in total. The average Bonchev–Trinajstić information content (AvgIpc) is 2.80. The molecule has 0 heterocycles. The van der Waals surface area contributed by atoms with Crippen molar-refractivity contribution in [3.63, 3.8) is 0 Å². The number of carbonyl (C=O) groups is 3. The fourth-order valence-electron chi connectivity index (χ4n) is 1.83. The summed E-state index contributed by atoms with van der Waals surface area (Å²) in [5.74, 6) is -3.17. The molecule has 0 saturated heterocycles. The van der Waals surface area contributed by atoms with Crippen LogP contribution in [0.15, 0.2) is 36.5 Å². The van der Waals surface area contributed by atoms with E-state index in [1.165, 1.54) is 20.8 Å². The highest BCUT2D eigenvalue weighted by molar-refractivity contribution is 5.85. The molecular formula is C23H42O12. The van der Waals surface area contributed by atoms with Gasteiger partial charge in [-0.1, -0.05) is 26.7 Å². The first-order valence-electron chi connectivity index (χ1n) is 10.2. The number of hydrogen-bond acceptors (Lipinski definition) is 9. The van der Waals surface area contributed by atoms with Gasteiger partial charge in [0.2, 0.25) is 0 Å². The van der Waals surface area contributed by atoms with Crippen molar-refractivity contribution in [2.24, 2.45) is 16.7 Å². The molecule has 0 aromatic carbocycles. The third-order valence-corrected chi connectivity index (χ3v) is 4.83. The van der Waals surface area contributed by atoms with Crippen LogP contribution < -0.4 is 0 Å². The summed E-state index contributed by atoms with van der Waals surface area (Å²) in [5, 5.41) is 79.0. The molecule has 0 fully saturated rings. The Balaban J connectivity index is -0.000000218. The normalized spacial score (nSPS) is 11.1. The van der Waals surface area contributed by atoms with Crippen LogP contribution >= 0.6 is 0 Å². The van der Waals surface area contributed by atoms with E-state index in [9.17, 15) is 45.0 Å². The zero-order valence-corrected chi connectivity index (χ0v) is 20.9. The van der Waals surface area contributed by atoms with E-state index in [0.717, 1.165) is 0 Å². The van der Waals surface area contributed by atoms with E-state index in [4.69, 9.17) is 15.3 Å². The maximum Gasteiger partial charge on any atom is 0.330 e. The first-order valence-corrected chi connectivity index (χ1v) is 10.2. The second-order valence-electron chi connectivity index (χ2n) is 8.17. The second kappa shape index (κ2) is 20.7. The molecule has 0 aliphatic heterocycles. The summed E-state index contributed by atoms with van der Waals surface area (Å²) in [6, 6.07) is 0. The van der Waals surface area contributed by atoms with E-state index in [-0.39, 0.29) is 29.1 Å². The third kappa shape index (κ3) is 18.4. The molecule has 9 N–H and O–H groups in total. The van der Waals surface area contributed by atoms with Gasteiger partial charge in [-0.15, -0.1) is 0 Å². The minimum Gasteiger partial charge on any atom is -0.478 e. The highest BCUT2D eigenvalue weighted by atomic mass is 16.4. The Hall–Kier alpha value is -2.61. The van der Waals surface area contributed by atoms with Crippen molar-refractivity contribution in [2.45, 2.75) is 34.1 Å². The highest BCUT2D eigenvalue weighted by Crippen LogP contribution is 2.36. The molecule has 0 aromatic heterocycles. The Morgan fingerprint density at radius 1 is 0.600 bits per heavy atom. The van der Waals surface area contributed by atoms with Gasteiger partial charge >= 0.3 is 17.9 Å². The summed E-state index contributed by atoms with van der Waals surface area (Å²) < 4.78 is 0. The summed E-state index contributed by atoms with van der Waals surface area (Å²) in [6.07, 6.45) is 0.193. The van der Waals surface area contributed by atoms with E-state index in [1.807, 2.05) is 0 Å². The maximum absolute atomic E-state index is 9.60. The second-order valence-corrected chi connectivity index (χ2v) is 8.17. The van der Waals surface area contributed by atoms with E-state index in [1.54, 1.807) is 6.92 Å². The van der Waals surface area contributed by atoms with Gasteiger partial charge in [-0.2, -0.15) is 0 Å². The van der Waals surface area contributed by atoms with Gasteiger partial charge in [0.25, 0.3) is 0 Å². The number of hydrogen-bond donors (Lipinski definition) is 9. The van der Waals surface area contributed by atoms with Crippen LogP contribution in [0, 0.1) is 16.7 Å². The van der Waals surface area contributed by atoms with Gasteiger partial charge in [-0.05, 0) is 33.1 Å². The largest absolute Gasteiger partial charge is 0.478 e. The molecule has 0 aliphatic rings. The van der Waals surface area contributed by atoms with Crippen LogP contribution in [0.4, 0.5) is 0 Å². The quantitative estimate of drug-likeness (QED) is 0.156. The predicted molar refractivity (Wildman–Crippen MR) is 129 cm³/mol. The van der Waals surface area contributed by atoms with Crippen LogP contribution in [0.25, 0.3) is 0 Å². The molecule has 0 aliphatic carbocycles. The first kappa shape index (κ1) is 39.6. The van der Waals surface area contributed by atoms with Crippen LogP contribution in [0.5, 0.6) is 0 Å². The highest BCUT2D eigenvalue weighted by Gasteiger charge is 2.40. The van der Waals surface area contributed by atoms with Crippen LogP contribution in [0.1, 0.15) is 34.1 Å². The SMILES string of the molecule is C=C(C)C(=O)O.C=C(C)C(=O)O.C=C(C)C(=O)O.CC(CC(CO)(CO)CO)C(CO)(CO)CO. The Labute approximate surface area is 205 Å². The van der Waals surface area contributed by atoms with Gasteiger partial charge in [-0.3, -0.25) is 0 Å². The van der Waals surface area contributed by atoms with Crippen molar-refractivity contribution < 1.29 is 60.3 Å². The average molecular weight is 511 g/mol. The summed E-state index contributed by atoms with van der Waals surface area (Å²) in [5.41, 5.74) is -1.62. The van der Waals surface area contributed by atoms with Gasteiger partial charge in [0, 0.05) is 27.5 Å². The van der Waals surface area contributed by atoms with Gasteiger partial charge < -0.3 is 46.0 Å². The van der Waals surface area contributed by atoms with E-state index in [2.05, 4.69) is 19.7 Å². The number of aliphatic hydroxyl groups excluding tert-OH is 6. The summed E-state index contributed by atoms with van der Waals surface area (Å²) in [7, 11) is 0. The summed E-state index contributed by atoms with van der Waals surface area (Å²) >= 11 is 0. The van der Waals surface area contributed by atoms with Crippen molar-refractivity contribution in [3.05, 3.63) is 36.5 Å². The fourth-order valence-corrected chi connectivity index (χ4v) is 1.83. The lowest BCUT2D eigenvalue weighted by Crippen LogP contribution is -2.45. The molecule has 0 aromatic rings. The first-order chi connectivity index (χ1) is 15.9. The van der Waals surface area contributed by atoms with Crippen LogP contribution in [0.3, 0.4) is 0 Å². The number of aliphatic carboxylic acids is 3. The Morgan fingerprint density at radius 2 is 0.800 bits per heavy atom. The maximum atomic E-state index is 9.60. The van der Waals surface area contributed by atoms with Crippen molar-refractivity contribution >= 4 is 17.9 Å². The minimum absolute atomic E-state index is 0.176. The van der Waals surface area contributed by atoms with Gasteiger partial charge in [0.05, 0.1) is 39.6 Å². The zero-order valence-electron chi connectivity index (χ0n) is 20.9. The van der Waals surface area contributed by atoms with Crippen LogP contribution in [-0.4, -0.2) is 104 Å². The van der Waals surface area contributed by atoms with Gasteiger partial charge in [0.15, 0.2) is 0 Å². The van der Waals surface area contributed by atoms with E-state index < -0.39 is 68.4 Å². The lowest BCUT2D eigenvalue weighted by atomic mass is 9.70. The Bertz CT molecular complexity index is 566. The minimum atomic E-state index is -1.08. The number of carboxylic acid groups (broad SMARTS) is 3. The van der Waals surface area contributed by atoms with Crippen LogP contribution in [-0.2, 0) is 14.4 Å². The summed E-state index contributed by atoms with van der Waals surface area (Å²) in [4.78, 5) is 28.8. The molecular weight excluding hydrogens is 468 g/mol. The molecule has 0 bridgehead atoms. The zero-order chi connectivity index (χ0) is 29.0. The smallest absolute Gasteiger partial charge is 0.330 e. The number of rotatable bonds is 12. The van der Waals surface area contributed by atoms with Gasteiger partial charge in [0.1, 0.15) is 0 Å². The number of carboxylic acids is 3. The topological polar surface area (TPSA) is 233 Å². The predicted octanol–water partition coefficient (Wildman–Crippen LogP) is -0.119. The van der Waals surface area contributed by atoms with Crippen molar-refractivity contribution in [1.82, 2.24) is 0 Å². The van der Waals surface area contributed by atoms with Crippen LogP contribution in [0.2, 0.25) is 0 Å². The monoisotopic (exact) mass is 510 g/mol. The Kier molecular flexibility index (Phi) is 23.5. The van der Waals surface area contributed by atoms with Crippen molar-refractivity contribution in [3.8, 4) is 0 Å². The molecule has 0 radical (unpaired) electrons. The van der Waals surface area contributed by atoms with E-state index in [0.29, 0.717) is 0 Å². The molecule has 0 saturated carbocycles. The summed E-state index contributed by atoms with van der Waals surface area (Å²) in [6.45, 7) is 13.1. The molecule has 1 unspecified atom stereocenters. The lowest BCUT2D eigenvalue weighted by Gasteiger charge is -2.39. The molecule has 0 amide bonds. The lowest BCUT2D eigenvalue weighted by molar-refractivity contribution is -0.133. The molecule has 1 atom stereocenters. The Morgan fingerprint density at radius 3 is 0.914 bits per heavy atom. The molecule has 0 spiro atoms. The molecule has 12 heteroatoms. The molecule has 206 valence electrons. The number of aliphatic hydroxyl groups is 6. The molecule has 35 heavy (non-hydrogen) atoms. The standard InChI is InChI=1S/C11H24O6.3C4H6O2/c1-9(11(6-15,7-16)8-17)2-10(3-12,4-13)5-14;3*1-3(2)4(5)6/h9,12-17H,2-8H2,1H3;3*1H2,2H3,(H,5,6).